The molecule has 140 valence electrons. The fraction of sp³-hybridized carbons (Fsp3) is 0.353. The van der Waals surface area contributed by atoms with E-state index in [0.717, 1.165) is 25.1 Å². The molecule has 0 atom stereocenters. The zero-order valence-electron chi connectivity index (χ0n) is 14.7. The number of carbonyl (C=O) groups is 1. The van der Waals surface area contributed by atoms with Crippen LogP contribution in [-0.2, 0) is 0 Å². The zero-order chi connectivity index (χ0) is 19.3. The molecule has 1 heterocycles. The highest BCUT2D eigenvalue weighted by Crippen LogP contribution is 2.22. The number of aromatic nitrogens is 2. The Labute approximate surface area is 149 Å². The summed E-state index contributed by atoms with van der Waals surface area (Å²) in [4.78, 5) is 22.2. The van der Waals surface area contributed by atoms with Gasteiger partial charge >= 0.3 is 0 Å². The second kappa shape index (κ2) is 8.61. The summed E-state index contributed by atoms with van der Waals surface area (Å²) in [5.74, 6) is -4.77. The first-order valence-corrected chi connectivity index (χ1v) is 7.97. The average molecular weight is 367 g/mol. The Morgan fingerprint density at radius 1 is 1.15 bits per heavy atom. The minimum absolute atomic E-state index is 0.0895. The molecule has 2 aromatic rings. The maximum absolute atomic E-state index is 13.8. The van der Waals surface area contributed by atoms with Crippen LogP contribution in [0.1, 0.15) is 22.6 Å². The van der Waals surface area contributed by atoms with Gasteiger partial charge in [-0.3, -0.25) is 4.79 Å². The van der Waals surface area contributed by atoms with Crippen molar-refractivity contribution < 1.29 is 18.0 Å². The number of nitrogens with one attached hydrogen (secondary N) is 2. The third-order valence-electron chi connectivity index (χ3n) is 3.44. The van der Waals surface area contributed by atoms with Gasteiger partial charge in [-0.15, -0.1) is 0 Å². The third-order valence-corrected chi connectivity index (χ3v) is 3.44. The molecule has 0 unspecified atom stereocenters. The molecule has 6 nitrogen and oxygen atoms in total. The second-order valence-corrected chi connectivity index (χ2v) is 5.98. The van der Waals surface area contributed by atoms with Gasteiger partial charge in [-0.1, -0.05) is 0 Å². The smallest absolute Gasteiger partial charge is 0.270 e. The summed E-state index contributed by atoms with van der Waals surface area (Å²) >= 11 is 0. The highest BCUT2D eigenvalue weighted by molar-refractivity contribution is 5.92. The van der Waals surface area contributed by atoms with Crippen molar-refractivity contribution in [3.05, 3.63) is 47.0 Å². The largest absolute Gasteiger partial charge is 0.351 e. The monoisotopic (exact) mass is 367 g/mol. The lowest BCUT2D eigenvalue weighted by molar-refractivity contribution is 0.0947. The Hall–Kier alpha value is -2.68. The van der Waals surface area contributed by atoms with E-state index >= 15 is 0 Å². The van der Waals surface area contributed by atoms with Crippen molar-refractivity contribution in [3.63, 3.8) is 0 Å². The first kappa shape index (κ1) is 19.6. The first-order valence-electron chi connectivity index (χ1n) is 7.97. The molecule has 1 aromatic heterocycles. The molecule has 26 heavy (non-hydrogen) atoms. The standard InChI is InChI=1S/C17H20F3N5O/c1-10-9-13(16(26)21-7-4-8-25(2)3)24-17(22-10)23-12-6-5-11(18)14(19)15(12)20/h5-6,9H,4,7-8H2,1-3H3,(H,21,26)(H,22,23,24). The Bertz CT molecular complexity index is 798. The number of benzene rings is 1. The molecule has 1 aromatic carbocycles. The molecule has 0 bridgehead atoms. The van der Waals surface area contributed by atoms with Gasteiger partial charge in [-0.05, 0) is 52.2 Å². The molecule has 0 fully saturated rings. The van der Waals surface area contributed by atoms with E-state index in [9.17, 15) is 18.0 Å². The predicted octanol–water partition coefficient (Wildman–Crippen LogP) is 2.63. The van der Waals surface area contributed by atoms with Gasteiger partial charge in [0, 0.05) is 12.2 Å². The van der Waals surface area contributed by atoms with Crippen LogP contribution in [0.25, 0.3) is 0 Å². The van der Waals surface area contributed by atoms with Crippen LogP contribution < -0.4 is 10.6 Å². The second-order valence-electron chi connectivity index (χ2n) is 5.98. The number of halogens is 3. The molecule has 0 saturated heterocycles. The van der Waals surface area contributed by atoms with Gasteiger partial charge in [-0.25, -0.2) is 23.1 Å². The maximum atomic E-state index is 13.8. The van der Waals surface area contributed by atoms with E-state index < -0.39 is 23.4 Å². The van der Waals surface area contributed by atoms with E-state index in [1.54, 1.807) is 6.92 Å². The van der Waals surface area contributed by atoms with Crippen molar-refractivity contribution >= 4 is 17.5 Å². The summed E-state index contributed by atoms with van der Waals surface area (Å²) in [7, 11) is 3.87. The van der Waals surface area contributed by atoms with E-state index in [0.29, 0.717) is 12.2 Å². The van der Waals surface area contributed by atoms with Gasteiger partial charge < -0.3 is 15.5 Å². The van der Waals surface area contributed by atoms with Crippen LogP contribution in [0.3, 0.4) is 0 Å². The molecular weight excluding hydrogens is 347 g/mol. The molecule has 0 saturated carbocycles. The lowest BCUT2D eigenvalue weighted by atomic mass is 10.2. The fourth-order valence-electron chi connectivity index (χ4n) is 2.17. The van der Waals surface area contributed by atoms with Gasteiger partial charge in [0.25, 0.3) is 5.91 Å². The summed E-state index contributed by atoms with van der Waals surface area (Å²) in [6.45, 7) is 2.93. The van der Waals surface area contributed by atoms with E-state index in [-0.39, 0.29) is 17.3 Å². The van der Waals surface area contributed by atoms with Crippen LogP contribution in [0.5, 0.6) is 0 Å². The number of carbonyl (C=O) groups excluding carboxylic acids is 1. The van der Waals surface area contributed by atoms with Crippen molar-refractivity contribution in [2.24, 2.45) is 0 Å². The van der Waals surface area contributed by atoms with Gasteiger partial charge in [-0.2, -0.15) is 0 Å². The van der Waals surface area contributed by atoms with Crippen molar-refractivity contribution in [2.75, 3.05) is 32.5 Å². The molecule has 0 spiro atoms. The average Bonchev–Trinajstić information content (AvgIpc) is 2.58. The van der Waals surface area contributed by atoms with Crippen molar-refractivity contribution in [3.8, 4) is 0 Å². The maximum Gasteiger partial charge on any atom is 0.270 e. The quantitative estimate of drug-likeness (QED) is 0.582. The van der Waals surface area contributed by atoms with Gasteiger partial charge in [0.2, 0.25) is 5.95 Å². The van der Waals surface area contributed by atoms with Crippen LogP contribution in [0.4, 0.5) is 24.8 Å². The van der Waals surface area contributed by atoms with Crippen molar-refractivity contribution in [1.82, 2.24) is 20.2 Å². The molecule has 2 N–H and O–H groups in total. The summed E-state index contributed by atoms with van der Waals surface area (Å²) in [6.07, 6.45) is 0.772. The molecule has 1 amide bonds. The number of hydrogen-bond acceptors (Lipinski definition) is 5. The molecule has 0 aliphatic carbocycles. The Morgan fingerprint density at radius 3 is 2.58 bits per heavy atom. The normalized spacial score (nSPS) is 10.9. The SMILES string of the molecule is Cc1cc(C(=O)NCCCN(C)C)nc(Nc2ccc(F)c(F)c2F)n1. The topological polar surface area (TPSA) is 70.2 Å². The van der Waals surface area contributed by atoms with Crippen LogP contribution in [0.15, 0.2) is 18.2 Å². The number of anilines is 2. The predicted molar refractivity (Wildman–Crippen MR) is 91.9 cm³/mol. The summed E-state index contributed by atoms with van der Waals surface area (Å²) < 4.78 is 40.1. The summed E-state index contributed by atoms with van der Waals surface area (Å²) in [6, 6.07) is 3.30. The minimum Gasteiger partial charge on any atom is -0.351 e. The summed E-state index contributed by atoms with van der Waals surface area (Å²) in [5.41, 5.74) is 0.226. The molecule has 0 radical (unpaired) electrons. The highest BCUT2D eigenvalue weighted by Gasteiger charge is 2.16. The van der Waals surface area contributed by atoms with Crippen LogP contribution in [0.2, 0.25) is 0 Å². The molecule has 2 rings (SSSR count). The van der Waals surface area contributed by atoms with Crippen LogP contribution >= 0.6 is 0 Å². The van der Waals surface area contributed by atoms with Gasteiger partial charge in [0.05, 0.1) is 5.69 Å². The van der Waals surface area contributed by atoms with Gasteiger partial charge in [0.1, 0.15) is 5.69 Å². The molecule has 0 aliphatic rings. The Balaban J connectivity index is 2.12. The van der Waals surface area contributed by atoms with Crippen LogP contribution in [-0.4, -0.2) is 48.0 Å². The molecule has 0 aliphatic heterocycles. The Morgan fingerprint density at radius 2 is 1.88 bits per heavy atom. The highest BCUT2D eigenvalue weighted by atomic mass is 19.2. The number of aryl methyl sites for hydroxylation is 1. The van der Waals surface area contributed by atoms with E-state index in [1.807, 2.05) is 19.0 Å². The molecular formula is C17H20F3N5O. The van der Waals surface area contributed by atoms with Crippen LogP contribution in [0, 0.1) is 24.4 Å². The first-order chi connectivity index (χ1) is 12.3. The van der Waals surface area contributed by atoms with Gasteiger partial charge in [0.15, 0.2) is 17.5 Å². The van der Waals surface area contributed by atoms with Crippen molar-refractivity contribution in [2.45, 2.75) is 13.3 Å². The van der Waals surface area contributed by atoms with E-state index in [4.69, 9.17) is 0 Å². The summed E-state index contributed by atoms with van der Waals surface area (Å²) in [5, 5.41) is 5.20. The lowest BCUT2D eigenvalue weighted by Crippen LogP contribution is -2.28. The zero-order valence-corrected chi connectivity index (χ0v) is 14.7. The van der Waals surface area contributed by atoms with E-state index in [1.165, 1.54) is 6.07 Å². The number of nitrogens with zero attached hydrogens (tertiary/aromatic N) is 3. The third kappa shape index (κ3) is 5.16. The number of rotatable bonds is 7. The number of hydrogen-bond donors (Lipinski definition) is 2. The lowest BCUT2D eigenvalue weighted by Gasteiger charge is -2.11. The molecule has 9 heteroatoms. The van der Waals surface area contributed by atoms with E-state index in [2.05, 4.69) is 20.6 Å². The number of amides is 1. The minimum atomic E-state index is -1.60. The fourth-order valence-corrected chi connectivity index (χ4v) is 2.17. The van der Waals surface area contributed by atoms with Crippen molar-refractivity contribution in [1.29, 1.82) is 0 Å². The Kier molecular flexibility index (Phi) is 6.51.